The van der Waals surface area contributed by atoms with E-state index in [9.17, 15) is 18.0 Å². The van der Waals surface area contributed by atoms with Gasteiger partial charge < -0.3 is 9.47 Å². The van der Waals surface area contributed by atoms with Crippen LogP contribution < -0.4 is 4.72 Å². The maximum atomic E-state index is 12.9. The molecule has 1 aliphatic rings. The Hall–Kier alpha value is -1.93. The van der Waals surface area contributed by atoms with Crippen molar-refractivity contribution in [3.63, 3.8) is 0 Å². The molecular weight excluding hydrogens is 358 g/mol. The largest absolute Gasteiger partial charge is 0.465 e. The molecule has 0 bridgehead atoms. The Kier molecular flexibility index (Phi) is 6.41. The van der Waals surface area contributed by atoms with Crippen LogP contribution in [0.15, 0.2) is 23.1 Å². The summed E-state index contributed by atoms with van der Waals surface area (Å²) in [5.41, 5.74) is -0.0540. The molecule has 1 aromatic carbocycles. The zero-order chi connectivity index (χ0) is 19.5. The van der Waals surface area contributed by atoms with E-state index >= 15 is 0 Å². The van der Waals surface area contributed by atoms with E-state index in [-0.39, 0.29) is 28.0 Å². The predicted octanol–water partition coefficient (Wildman–Crippen LogP) is 2.36. The minimum Gasteiger partial charge on any atom is -0.465 e. The smallest absolute Gasteiger partial charge is 0.337 e. The molecule has 26 heavy (non-hydrogen) atoms. The van der Waals surface area contributed by atoms with Gasteiger partial charge in [-0.15, -0.1) is 0 Å². The van der Waals surface area contributed by atoms with Gasteiger partial charge in [-0.25, -0.2) is 22.7 Å². The molecule has 3 unspecified atom stereocenters. The third-order valence-electron chi connectivity index (χ3n) is 5.07. The number of nitrogens with one attached hydrogen (secondary N) is 1. The van der Waals surface area contributed by atoms with Gasteiger partial charge in [0, 0.05) is 6.04 Å². The molecule has 2 rings (SSSR count). The van der Waals surface area contributed by atoms with E-state index in [0.717, 1.165) is 19.3 Å². The zero-order valence-electron chi connectivity index (χ0n) is 15.4. The molecule has 0 heterocycles. The number of carbonyl (C=O) groups is 2. The molecule has 144 valence electrons. The quantitative estimate of drug-likeness (QED) is 0.784. The second-order valence-electron chi connectivity index (χ2n) is 6.72. The Bertz CT molecular complexity index is 755. The SMILES string of the molecule is COC(=O)c1cc(C(=O)OC)cc(S(=O)(=O)NC2CCCC(C)C2C)c1. The van der Waals surface area contributed by atoms with Gasteiger partial charge in [0.05, 0.1) is 30.2 Å². The molecular formula is C18H25NO6S. The fraction of sp³-hybridized carbons (Fsp3) is 0.556. The zero-order valence-corrected chi connectivity index (χ0v) is 16.3. The highest BCUT2D eigenvalue weighted by Gasteiger charge is 2.31. The second kappa shape index (κ2) is 8.18. The number of hydrogen-bond donors (Lipinski definition) is 1. The van der Waals surface area contributed by atoms with Crippen LogP contribution in [-0.4, -0.2) is 40.6 Å². The molecule has 0 aliphatic heterocycles. The maximum absolute atomic E-state index is 12.9. The molecule has 1 fully saturated rings. The van der Waals surface area contributed by atoms with Crippen LogP contribution in [0.3, 0.4) is 0 Å². The van der Waals surface area contributed by atoms with Gasteiger partial charge in [0.1, 0.15) is 0 Å². The van der Waals surface area contributed by atoms with Crippen molar-refractivity contribution in [2.45, 2.75) is 44.0 Å². The van der Waals surface area contributed by atoms with E-state index in [1.54, 1.807) is 0 Å². The van der Waals surface area contributed by atoms with Gasteiger partial charge in [-0.2, -0.15) is 0 Å². The minimum atomic E-state index is -3.91. The third-order valence-corrected chi connectivity index (χ3v) is 6.54. The predicted molar refractivity (Wildman–Crippen MR) is 95.4 cm³/mol. The first-order valence-corrected chi connectivity index (χ1v) is 10.0. The van der Waals surface area contributed by atoms with Gasteiger partial charge in [0.25, 0.3) is 0 Å². The van der Waals surface area contributed by atoms with Crippen molar-refractivity contribution in [3.05, 3.63) is 29.3 Å². The van der Waals surface area contributed by atoms with E-state index in [1.807, 2.05) is 6.92 Å². The van der Waals surface area contributed by atoms with Crippen molar-refractivity contribution in [2.24, 2.45) is 11.8 Å². The lowest BCUT2D eigenvalue weighted by molar-refractivity contribution is 0.0598. The van der Waals surface area contributed by atoms with Crippen LogP contribution in [0.1, 0.15) is 53.8 Å². The molecule has 0 amide bonds. The molecule has 0 spiro atoms. The Morgan fingerprint density at radius 3 is 2.04 bits per heavy atom. The monoisotopic (exact) mass is 383 g/mol. The number of rotatable bonds is 5. The van der Waals surface area contributed by atoms with Gasteiger partial charge in [0.15, 0.2) is 0 Å². The van der Waals surface area contributed by atoms with Crippen LogP contribution in [0.25, 0.3) is 0 Å². The third kappa shape index (κ3) is 4.42. The number of methoxy groups -OCH3 is 2. The number of esters is 2. The number of ether oxygens (including phenoxy) is 2. The lowest BCUT2D eigenvalue weighted by Crippen LogP contribution is -2.43. The number of carbonyl (C=O) groups excluding carboxylic acids is 2. The number of benzene rings is 1. The molecule has 0 radical (unpaired) electrons. The molecule has 1 aliphatic carbocycles. The topological polar surface area (TPSA) is 98.8 Å². The highest BCUT2D eigenvalue weighted by molar-refractivity contribution is 7.89. The normalized spacial score (nSPS) is 23.3. The summed E-state index contributed by atoms with van der Waals surface area (Å²) in [6, 6.07) is 3.48. The molecule has 1 aromatic rings. The van der Waals surface area contributed by atoms with E-state index in [1.165, 1.54) is 32.4 Å². The lowest BCUT2D eigenvalue weighted by atomic mass is 9.78. The van der Waals surface area contributed by atoms with Gasteiger partial charge in [-0.3, -0.25) is 0 Å². The Balaban J connectivity index is 2.41. The first-order chi connectivity index (χ1) is 12.2. The number of hydrogen-bond acceptors (Lipinski definition) is 6. The van der Waals surface area contributed by atoms with E-state index in [4.69, 9.17) is 0 Å². The first-order valence-electron chi connectivity index (χ1n) is 8.53. The molecule has 1 saturated carbocycles. The van der Waals surface area contributed by atoms with Crippen molar-refractivity contribution in [1.82, 2.24) is 4.72 Å². The summed E-state index contributed by atoms with van der Waals surface area (Å²) in [5.74, 6) is -0.843. The molecule has 3 atom stereocenters. The van der Waals surface area contributed by atoms with Crippen molar-refractivity contribution in [3.8, 4) is 0 Å². The van der Waals surface area contributed by atoms with E-state index in [2.05, 4.69) is 21.1 Å². The van der Waals surface area contributed by atoms with Crippen molar-refractivity contribution >= 4 is 22.0 Å². The summed E-state index contributed by atoms with van der Waals surface area (Å²) in [6.45, 7) is 4.14. The number of sulfonamides is 1. The van der Waals surface area contributed by atoms with Crippen LogP contribution >= 0.6 is 0 Å². The Morgan fingerprint density at radius 1 is 1.00 bits per heavy atom. The van der Waals surface area contributed by atoms with Gasteiger partial charge in [0.2, 0.25) is 10.0 Å². The standard InChI is InChI=1S/C18H25NO6S/c1-11-6-5-7-16(12(11)2)19-26(22,23)15-9-13(17(20)24-3)8-14(10-15)18(21)25-4/h8-12,16,19H,5-7H2,1-4H3. The van der Waals surface area contributed by atoms with Crippen LogP contribution in [0.5, 0.6) is 0 Å². The average Bonchev–Trinajstić information content (AvgIpc) is 2.63. The van der Waals surface area contributed by atoms with Gasteiger partial charge in [-0.05, 0) is 36.5 Å². The lowest BCUT2D eigenvalue weighted by Gasteiger charge is -2.34. The van der Waals surface area contributed by atoms with Crippen LogP contribution in [0.2, 0.25) is 0 Å². The summed E-state index contributed by atoms with van der Waals surface area (Å²) in [5, 5.41) is 0. The van der Waals surface area contributed by atoms with Crippen molar-refractivity contribution in [2.75, 3.05) is 14.2 Å². The van der Waals surface area contributed by atoms with Gasteiger partial charge in [-0.1, -0.05) is 26.7 Å². The van der Waals surface area contributed by atoms with Crippen LogP contribution in [0.4, 0.5) is 0 Å². The average molecular weight is 383 g/mol. The molecule has 7 nitrogen and oxygen atoms in total. The summed E-state index contributed by atoms with van der Waals surface area (Å²) in [4.78, 5) is 23.5. The second-order valence-corrected chi connectivity index (χ2v) is 8.44. The summed E-state index contributed by atoms with van der Waals surface area (Å²) in [6.07, 6.45) is 2.78. The minimum absolute atomic E-state index is 0.0270. The van der Waals surface area contributed by atoms with Gasteiger partial charge >= 0.3 is 11.9 Å². The highest BCUT2D eigenvalue weighted by Crippen LogP contribution is 2.30. The Labute approximate surface area is 154 Å². The maximum Gasteiger partial charge on any atom is 0.337 e. The molecule has 8 heteroatoms. The summed E-state index contributed by atoms with van der Waals surface area (Å²) < 4.78 is 37.7. The summed E-state index contributed by atoms with van der Waals surface area (Å²) in [7, 11) is -1.54. The summed E-state index contributed by atoms with van der Waals surface area (Å²) >= 11 is 0. The van der Waals surface area contributed by atoms with E-state index in [0.29, 0.717) is 5.92 Å². The molecule has 0 aromatic heterocycles. The molecule has 0 saturated heterocycles. The van der Waals surface area contributed by atoms with Crippen molar-refractivity contribution < 1.29 is 27.5 Å². The van der Waals surface area contributed by atoms with E-state index < -0.39 is 22.0 Å². The van der Waals surface area contributed by atoms with Crippen LogP contribution in [-0.2, 0) is 19.5 Å². The van der Waals surface area contributed by atoms with Crippen LogP contribution in [0, 0.1) is 11.8 Å². The molecule has 1 N–H and O–H groups in total. The Morgan fingerprint density at radius 2 is 1.54 bits per heavy atom. The fourth-order valence-electron chi connectivity index (χ4n) is 3.24. The first kappa shape index (κ1) is 20.4. The van der Waals surface area contributed by atoms with Crippen molar-refractivity contribution in [1.29, 1.82) is 0 Å². The highest BCUT2D eigenvalue weighted by atomic mass is 32.2. The fourth-order valence-corrected chi connectivity index (χ4v) is 4.67.